The van der Waals surface area contributed by atoms with Gasteiger partial charge in [0.1, 0.15) is 0 Å². The van der Waals surface area contributed by atoms with Crippen molar-refractivity contribution in [1.29, 1.82) is 0 Å². The van der Waals surface area contributed by atoms with Gasteiger partial charge in [-0.05, 0) is 42.5 Å². The van der Waals surface area contributed by atoms with Crippen molar-refractivity contribution < 1.29 is 22.1 Å². The second-order valence-corrected chi connectivity index (χ2v) is 8.06. The predicted octanol–water partition coefficient (Wildman–Crippen LogP) is 3.36. The molecule has 3 rings (SSSR count). The van der Waals surface area contributed by atoms with Crippen LogP contribution in [-0.2, 0) is 16.6 Å². The normalized spacial score (nSPS) is 11.7. The monoisotopic (exact) mass is 411 g/mol. The average molecular weight is 412 g/mol. The second-order valence-electron chi connectivity index (χ2n) is 5.58. The molecule has 1 aromatic heterocycles. The molecule has 0 aliphatic carbocycles. The third-order valence-electron chi connectivity index (χ3n) is 3.76. The van der Waals surface area contributed by atoms with Gasteiger partial charge in [-0.25, -0.2) is 12.8 Å². The minimum absolute atomic E-state index is 0.0406. The molecule has 3 aromatic rings. The number of methoxy groups -OCH3 is 1. The summed E-state index contributed by atoms with van der Waals surface area (Å²) >= 11 is 5.84. The molecule has 0 radical (unpaired) electrons. The van der Waals surface area contributed by atoms with Gasteiger partial charge in [0.2, 0.25) is 21.7 Å². The Bertz CT molecular complexity index is 1050. The molecule has 1 heterocycles. The van der Waals surface area contributed by atoms with Gasteiger partial charge in [0, 0.05) is 17.6 Å². The molecule has 142 valence electrons. The summed E-state index contributed by atoms with van der Waals surface area (Å²) in [5.74, 6) is -0.404. The lowest BCUT2D eigenvalue weighted by atomic mass is 10.2. The highest BCUT2D eigenvalue weighted by molar-refractivity contribution is 7.89. The molecule has 0 spiro atoms. The smallest absolute Gasteiger partial charge is 0.243 e. The minimum Gasteiger partial charge on any atom is -0.494 e. The Morgan fingerprint density at radius 1 is 1.22 bits per heavy atom. The lowest BCUT2D eigenvalue weighted by Gasteiger charge is -2.15. The van der Waals surface area contributed by atoms with Crippen LogP contribution in [0.25, 0.3) is 11.4 Å². The highest BCUT2D eigenvalue weighted by Crippen LogP contribution is 2.24. The molecule has 0 unspecified atom stereocenters. The number of aromatic nitrogens is 2. The SMILES string of the molecule is COc1ccc(S(=O)(=O)N(C)Cc2nc(-c3ccc(Cl)cc3)no2)cc1F. The van der Waals surface area contributed by atoms with Crippen LogP contribution in [0.4, 0.5) is 4.39 Å². The molecule has 0 atom stereocenters. The molecule has 0 aliphatic rings. The molecule has 0 saturated heterocycles. The first-order valence-corrected chi connectivity index (χ1v) is 9.51. The first-order chi connectivity index (χ1) is 12.8. The second kappa shape index (κ2) is 7.63. The number of rotatable bonds is 6. The van der Waals surface area contributed by atoms with Crippen LogP contribution < -0.4 is 4.74 Å². The molecule has 0 N–H and O–H groups in total. The number of sulfonamides is 1. The molecule has 10 heteroatoms. The Morgan fingerprint density at radius 2 is 1.93 bits per heavy atom. The van der Waals surface area contributed by atoms with Crippen molar-refractivity contribution >= 4 is 21.6 Å². The highest BCUT2D eigenvalue weighted by Gasteiger charge is 2.24. The van der Waals surface area contributed by atoms with Crippen LogP contribution in [0.2, 0.25) is 5.02 Å². The Labute approximate surface area is 160 Å². The molecular weight excluding hydrogens is 397 g/mol. The summed E-state index contributed by atoms with van der Waals surface area (Å²) in [5, 5.41) is 4.40. The number of nitrogens with zero attached hydrogens (tertiary/aromatic N) is 3. The number of benzene rings is 2. The summed E-state index contributed by atoms with van der Waals surface area (Å²) in [7, 11) is -1.32. The van der Waals surface area contributed by atoms with E-state index in [4.69, 9.17) is 20.9 Å². The van der Waals surface area contributed by atoms with Crippen LogP contribution in [0.3, 0.4) is 0 Å². The molecule has 0 saturated carbocycles. The van der Waals surface area contributed by atoms with Crippen LogP contribution in [0, 0.1) is 5.82 Å². The van der Waals surface area contributed by atoms with E-state index >= 15 is 0 Å². The largest absolute Gasteiger partial charge is 0.494 e. The van der Waals surface area contributed by atoms with Crippen molar-refractivity contribution in [3.63, 3.8) is 0 Å². The van der Waals surface area contributed by atoms with E-state index in [-0.39, 0.29) is 23.1 Å². The third kappa shape index (κ3) is 4.10. The van der Waals surface area contributed by atoms with Gasteiger partial charge >= 0.3 is 0 Å². The van der Waals surface area contributed by atoms with Gasteiger partial charge in [-0.15, -0.1) is 0 Å². The zero-order valence-electron chi connectivity index (χ0n) is 14.4. The molecule has 0 bridgehead atoms. The Kier molecular flexibility index (Phi) is 5.45. The molecule has 0 fully saturated rings. The van der Waals surface area contributed by atoms with Gasteiger partial charge in [0.25, 0.3) is 0 Å². The summed E-state index contributed by atoms with van der Waals surface area (Å²) in [6, 6.07) is 10.2. The average Bonchev–Trinajstić information content (AvgIpc) is 3.10. The van der Waals surface area contributed by atoms with Crippen molar-refractivity contribution in [3.8, 4) is 17.1 Å². The van der Waals surface area contributed by atoms with E-state index < -0.39 is 15.8 Å². The Morgan fingerprint density at radius 3 is 2.56 bits per heavy atom. The number of halogens is 2. The summed E-state index contributed by atoms with van der Waals surface area (Å²) < 4.78 is 50.0. The van der Waals surface area contributed by atoms with Crippen molar-refractivity contribution in [2.75, 3.05) is 14.2 Å². The van der Waals surface area contributed by atoms with Crippen LogP contribution >= 0.6 is 11.6 Å². The van der Waals surface area contributed by atoms with Crippen molar-refractivity contribution in [1.82, 2.24) is 14.4 Å². The van der Waals surface area contributed by atoms with Crippen molar-refractivity contribution in [2.24, 2.45) is 0 Å². The zero-order chi connectivity index (χ0) is 19.6. The van der Waals surface area contributed by atoms with E-state index in [1.807, 2.05) is 0 Å². The van der Waals surface area contributed by atoms with Crippen LogP contribution in [0.1, 0.15) is 5.89 Å². The molecule has 2 aromatic carbocycles. The summed E-state index contributed by atoms with van der Waals surface area (Å²) in [5.41, 5.74) is 0.678. The summed E-state index contributed by atoms with van der Waals surface area (Å²) in [4.78, 5) is 3.97. The Hall–Kier alpha value is -2.49. The van der Waals surface area contributed by atoms with Crippen LogP contribution in [0.15, 0.2) is 51.9 Å². The number of hydrogen-bond acceptors (Lipinski definition) is 6. The standard InChI is InChI=1S/C17H15ClFN3O4S/c1-22(27(23,24)13-7-8-15(25-2)14(19)9-13)10-16-20-17(21-26-16)11-3-5-12(18)6-4-11/h3-9H,10H2,1-2H3. The van der Waals surface area contributed by atoms with Gasteiger partial charge in [-0.3, -0.25) is 0 Å². The maximum Gasteiger partial charge on any atom is 0.243 e. The van der Waals surface area contributed by atoms with Gasteiger partial charge < -0.3 is 9.26 Å². The molecule has 27 heavy (non-hydrogen) atoms. The van der Waals surface area contributed by atoms with E-state index in [1.54, 1.807) is 24.3 Å². The van der Waals surface area contributed by atoms with Crippen molar-refractivity contribution in [2.45, 2.75) is 11.4 Å². The van der Waals surface area contributed by atoms with Gasteiger partial charge in [-0.1, -0.05) is 16.8 Å². The van der Waals surface area contributed by atoms with E-state index in [0.717, 1.165) is 10.4 Å². The Balaban J connectivity index is 1.79. The third-order valence-corrected chi connectivity index (χ3v) is 5.81. The van der Waals surface area contributed by atoms with Gasteiger partial charge in [0.15, 0.2) is 11.6 Å². The molecule has 0 aliphatic heterocycles. The topological polar surface area (TPSA) is 85.5 Å². The predicted molar refractivity (Wildman–Crippen MR) is 96.3 cm³/mol. The lowest BCUT2D eigenvalue weighted by Crippen LogP contribution is -2.26. The van der Waals surface area contributed by atoms with Crippen LogP contribution in [0.5, 0.6) is 5.75 Å². The quantitative estimate of drug-likeness (QED) is 0.618. The molecule has 0 amide bonds. The maximum absolute atomic E-state index is 13.8. The van der Waals surface area contributed by atoms with E-state index in [0.29, 0.717) is 16.4 Å². The maximum atomic E-state index is 13.8. The van der Waals surface area contributed by atoms with E-state index in [9.17, 15) is 12.8 Å². The molecule has 7 nitrogen and oxygen atoms in total. The van der Waals surface area contributed by atoms with Gasteiger partial charge in [-0.2, -0.15) is 9.29 Å². The summed E-state index contributed by atoms with van der Waals surface area (Å²) in [6.45, 7) is -0.170. The van der Waals surface area contributed by atoms with Crippen molar-refractivity contribution in [3.05, 3.63) is 59.2 Å². The highest BCUT2D eigenvalue weighted by atomic mass is 35.5. The van der Waals surface area contributed by atoms with E-state index in [2.05, 4.69) is 10.1 Å². The fraction of sp³-hybridized carbons (Fsp3) is 0.176. The summed E-state index contributed by atoms with van der Waals surface area (Å²) in [6.07, 6.45) is 0. The first kappa shape index (κ1) is 19.3. The van der Waals surface area contributed by atoms with Gasteiger partial charge in [0.05, 0.1) is 18.6 Å². The zero-order valence-corrected chi connectivity index (χ0v) is 16.0. The number of hydrogen-bond donors (Lipinski definition) is 0. The lowest BCUT2D eigenvalue weighted by molar-refractivity contribution is 0.336. The van der Waals surface area contributed by atoms with Crippen LogP contribution in [-0.4, -0.2) is 37.0 Å². The molecular formula is C17H15ClFN3O4S. The fourth-order valence-corrected chi connectivity index (χ4v) is 3.56. The minimum atomic E-state index is -3.95. The first-order valence-electron chi connectivity index (χ1n) is 7.69. The number of ether oxygens (including phenoxy) is 1. The fourth-order valence-electron chi connectivity index (χ4n) is 2.30. The van der Waals surface area contributed by atoms with E-state index in [1.165, 1.54) is 26.3 Å².